The SMILES string of the molecule is Cc1nnc(SC(C)C(=O)c2ccc3c(c2)CCC3)n1C1CC1. The van der Waals surface area contributed by atoms with Gasteiger partial charge in [-0.05, 0) is 63.1 Å². The summed E-state index contributed by atoms with van der Waals surface area (Å²) < 4.78 is 2.19. The highest BCUT2D eigenvalue weighted by atomic mass is 32.2. The summed E-state index contributed by atoms with van der Waals surface area (Å²) in [6.07, 6.45) is 5.85. The van der Waals surface area contributed by atoms with Crippen LogP contribution in [0.15, 0.2) is 23.4 Å². The van der Waals surface area contributed by atoms with Crippen LogP contribution in [-0.4, -0.2) is 25.8 Å². The van der Waals surface area contributed by atoms with Crippen LogP contribution in [0, 0.1) is 6.92 Å². The van der Waals surface area contributed by atoms with Crippen LogP contribution < -0.4 is 0 Å². The van der Waals surface area contributed by atoms with E-state index in [0.717, 1.165) is 29.4 Å². The van der Waals surface area contributed by atoms with Crippen LogP contribution in [0.25, 0.3) is 0 Å². The van der Waals surface area contributed by atoms with E-state index < -0.39 is 0 Å². The van der Waals surface area contributed by atoms with Gasteiger partial charge in [-0.25, -0.2) is 0 Å². The molecule has 0 N–H and O–H groups in total. The maximum atomic E-state index is 12.8. The third-order valence-corrected chi connectivity index (χ3v) is 5.84. The van der Waals surface area contributed by atoms with E-state index in [2.05, 4.69) is 26.9 Å². The van der Waals surface area contributed by atoms with E-state index in [4.69, 9.17) is 0 Å². The first kappa shape index (κ1) is 14.9. The molecule has 1 aromatic heterocycles. The van der Waals surface area contributed by atoms with Gasteiger partial charge in [0.05, 0.1) is 5.25 Å². The van der Waals surface area contributed by atoms with Crippen molar-refractivity contribution < 1.29 is 4.79 Å². The van der Waals surface area contributed by atoms with Gasteiger partial charge in [-0.1, -0.05) is 23.9 Å². The summed E-state index contributed by atoms with van der Waals surface area (Å²) in [5, 5.41) is 9.20. The van der Waals surface area contributed by atoms with Crippen molar-refractivity contribution in [2.75, 3.05) is 0 Å². The number of fused-ring (bicyclic) bond motifs is 1. The molecule has 1 fully saturated rings. The molecule has 1 aromatic carbocycles. The summed E-state index contributed by atoms with van der Waals surface area (Å²) in [7, 11) is 0. The van der Waals surface area contributed by atoms with Crippen LogP contribution in [0.3, 0.4) is 0 Å². The second-order valence-electron chi connectivity index (χ2n) is 6.59. The zero-order valence-electron chi connectivity index (χ0n) is 13.6. The summed E-state index contributed by atoms with van der Waals surface area (Å²) in [5.74, 6) is 1.14. The number of Topliss-reactive ketones (excluding diaryl/α,β-unsaturated/α-hetero) is 1. The van der Waals surface area contributed by atoms with Crippen LogP contribution in [-0.2, 0) is 12.8 Å². The third-order valence-electron chi connectivity index (χ3n) is 4.78. The molecule has 2 aromatic rings. The van der Waals surface area contributed by atoms with E-state index in [1.807, 2.05) is 19.9 Å². The lowest BCUT2D eigenvalue weighted by Gasteiger charge is -2.12. The fourth-order valence-electron chi connectivity index (χ4n) is 3.35. The number of aryl methyl sites for hydroxylation is 3. The molecule has 4 rings (SSSR count). The Morgan fingerprint density at radius 1 is 1.26 bits per heavy atom. The molecule has 5 heteroatoms. The molecule has 0 bridgehead atoms. The first-order chi connectivity index (χ1) is 11.1. The van der Waals surface area contributed by atoms with Gasteiger partial charge < -0.3 is 4.57 Å². The lowest BCUT2D eigenvalue weighted by Crippen LogP contribution is -2.15. The van der Waals surface area contributed by atoms with E-state index in [9.17, 15) is 4.79 Å². The third kappa shape index (κ3) is 2.82. The molecule has 0 spiro atoms. The monoisotopic (exact) mass is 327 g/mol. The van der Waals surface area contributed by atoms with Gasteiger partial charge in [0.1, 0.15) is 5.82 Å². The maximum absolute atomic E-state index is 12.8. The van der Waals surface area contributed by atoms with Crippen molar-refractivity contribution in [2.45, 2.75) is 62.4 Å². The quantitative estimate of drug-likeness (QED) is 0.619. The Hall–Kier alpha value is -1.62. The van der Waals surface area contributed by atoms with Crippen molar-refractivity contribution in [1.29, 1.82) is 0 Å². The van der Waals surface area contributed by atoms with E-state index in [0.29, 0.717) is 6.04 Å². The van der Waals surface area contributed by atoms with Crippen molar-refractivity contribution in [1.82, 2.24) is 14.8 Å². The van der Waals surface area contributed by atoms with Gasteiger partial charge in [0, 0.05) is 11.6 Å². The van der Waals surface area contributed by atoms with Crippen LogP contribution in [0.4, 0.5) is 0 Å². The minimum atomic E-state index is -0.143. The summed E-state index contributed by atoms with van der Waals surface area (Å²) in [6.45, 7) is 3.96. The lowest BCUT2D eigenvalue weighted by atomic mass is 10.0. The molecular formula is C18H21N3OS. The van der Waals surface area contributed by atoms with E-state index in [1.165, 1.54) is 42.2 Å². The second-order valence-corrected chi connectivity index (χ2v) is 7.90. The summed E-state index contributed by atoms with van der Waals surface area (Å²) in [4.78, 5) is 12.8. The predicted octanol–water partition coefficient (Wildman–Crippen LogP) is 3.77. The zero-order valence-corrected chi connectivity index (χ0v) is 14.4. The van der Waals surface area contributed by atoms with Crippen LogP contribution in [0.1, 0.15) is 59.5 Å². The fraction of sp³-hybridized carbons (Fsp3) is 0.500. The summed E-state index contributed by atoms with van der Waals surface area (Å²) in [6, 6.07) is 6.75. The van der Waals surface area contributed by atoms with Crippen molar-refractivity contribution in [3.05, 3.63) is 40.7 Å². The van der Waals surface area contributed by atoms with E-state index in [-0.39, 0.29) is 11.0 Å². The normalized spacial score (nSPS) is 18.0. The molecule has 23 heavy (non-hydrogen) atoms. The minimum absolute atomic E-state index is 0.143. The molecule has 1 saturated carbocycles. The van der Waals surface area contributed by atoms with Crippen molar-refractivity contribution in [3.8, 4) is 0 Å². The number of thioether (sulfide) groups is 1. The van der Waals surface area contributed by atoms with Gasteiger partial charge in [-0.15, -0.1) is 10.2 Å². The highest BCUT2D eigenvalue weighted by molar-refractivity contribution is 8.00. The highest BCUT2D eigenvalue weighted by Crippen LogP contribution is 2.39. The molecule has 0 aliphatic heterocycles. The average Bonchev–Trinajstić information content (AvgIpc) is 3.15. The van der Waals surface area contributed by atoms with Gasteiger partial charge in [-0.3, -0.25) is 4.79 Å². The molecule has 1 atom stereocenters. The molecule has 0 amide bonds. The average molecular weight is 327 g/mol. The van der Waals surface area contributed by atoms with E-state index in [1.54, 1.807) is 0 Å². The van der Waals surface area contributed by atoms with Gasteiger partial charge in [0.15, 0.2) is 10.9 Å². The Morgan fingerprint density at radius 3 is 2.83 bits per heavy atom. The first-order valence-corrected chi connectivity index (χ1v) is 9.25. The van der Waals surface area contributed by atoms with E-state index >= 15 is 0 Å². The summed E-state index contributed by atoms with van der Waals surface area (Å²) >= 11 is 1.54. The van der Waals surface area contributed by atoms with Crippen LogP contribution in [0.2, 0.25) is 0 Å². The Morgan fingerprint density at radius 2 is 2.04 bits per heavy atom. The van der Waals surface area contributed by atoms with Crippen LogP contribution >= 0.6 is 11.8 Å². The number of carbonyl (C=O) groups is 1. The van der Waals surface area contributed by atoms with Crippen molar-refractivity contribution in [2.24, 2.45) is 0 Å². The van der Waals surface area contributed by atoms with Gasteiger partial charge >= 0.3 is 0 Å². The van der Waals surface area contributed by atoms with Crippen molar-refractivity contribution >= 4 is 17.5 Å². The molecule has 2 aliphatic carbocycles. The molecule has 0 saturated heterocycles. The second kappa shape index (κ2) is 5.78. The van der Waals surface area contributed by atoms with Gasteiger partial charge in [0.25, 0.3) is 0 Å². The smallest absolute Gasteiger partial charge is 0.192 e. The Balaban J connectivity index is 1.52. The van der Waals surface area contributed by atoms with Gasteiger partial charge in [0.2, 0.25) is 0 Å². The Kier molecular flexibility index (Phi) is 3.76. The number of hydrogen-bond donors (Lipinski definition) is 0. The topological polar surface area (TPSA) is 47.8 Å². The van der Waals surface area contributed by atoms with Crippen LogP contribution in [0.5, 0.6) is 0 Å². The first-order valence-electron chi connectivity index (χ1n) is 8.37. The maximum Gasteiger partial charge on any atom is 0.192 e. The van der Waals surface area contributed by atoms with Gasteiger partial charge in [-0.2, -0.15) is 0 Å². The standard InChI is InChI=1S/C18H21N3OS/c1-11(23-18-20-19-12(2)21(18)16-8-9-16)17(22)15-7-6-13-4-3-5-14(13)10-15/h6-7,10-11,16H,3-5,8-9H2,1-2H3. The zero-order chi connectivity index (χ0) is 16.0. The number of rotatable bonds is 5. The number of hydrogen-bond acceptors (Lipinski definition) is 4. The number of aromatic nitrogens is 3. The molecule has 4 nitrogen and oxygen atoms in total. The molecular weight excluding hydrogens is 306 g/mol. The summed E-state index contributed by atoms with van der Waals surface area (Å²) in [5.41, 5.74) is 3.59. The number of ketones is 1. The molecule has 120 valence electrons. The number of benzene rings is 1. The highest BCUT2D eigenvalue weighted by Gasteiger charge is 2.30. The molecule has 1 heterocycles. The number of carbonyl (C=O) groups excluding carboxylic acids is 1. The Bertz CT molecular complexity index is 764. The largest absolute Gasteiger partial charge is 0.303 e. The molecule has 1 unspecified atom stereocenters. The number of nitrogens with zero attached hydrogens (tertiary/aromatic N) is 3. The lowest BCUT2D eigenvalue weighted by molar-refractivity contribution is 0.0993. The fourth-order valence-corrected chi connectivity index (χ4v) is 4.40. The molecule has 2 aliphatic rings. The Labute approximate surface area is 140 Å². The molecule has 0 radical (unpaired) electrons. The predicted molar refractivity (Wildman–Crippen MR) is 91.1 cm³/mol. The minimum Gasteiger partial charge on any atom is -0.303 e. The van der Waals surface area contributed by atoms with Crippen molar-refractivity contribution in [3.63, 3.8) is 0 Å².